The summed E-state index contributed by atoms with van der Waals surface area (Å²) in [6.07, 6.45) is 10.6. The molecule has 2 saturated heterocycles. The molecule has 3 aliphatic rings. The van der Waals surface area contributed by atoms with Gasteiger partial charge >= 0.3 is 0 Å². The predicted octanol–water partition coefficient (Wildman–Crippen LogP) is 3.11. The van der Waals surface area contributed by atoms with Crippen LogP contribution in [0.4, 0.5) is 4.39 Å². The van der Waals surface area contributed by atoms with Gasteiger partial charge in [0.25, 0.3) is 0 Å². The highest BCUT2D eigenvalue weighted by atomic mass is 19.1. The Kier molecular flexibility index (Phi) is 2.35. The summed E-state index contributed by atoms with van der Waals surface area (Å²) in [6.45, 7) is 0. The highest BCUT2D eigenvalue weighted by Crippen LogP contribution is 2.44. The zero-order valence-electron chi connectivity index (χ0n) is 9.27. The maximum absolute atomic E-state index is 14.9. The van der Waals surface area contributed by atoms with Gasteiger partial charge in [0.05, 0.1) is 0 Å². The number of fused-ring (bicyclic) bond motifs is 2. The highest BCUT2D eigenvalue weighted by molar-refractivity contribution is 5.23. The van der Waals surface area contributed by atoms with Crippen LogP contribution in [-0.4, -0.2) is 17.8 Å². The largest absolute Gasteiger partial charge is 0.311 e. The fourth-order valence-corrected chi connectivity index (χ4v) is 3.60. The molecule has 1 aliphatic carbocycles. The lowest BCUT2D eigenvalue weighted by Gasteiger charge is -2.38. The first-order valence-electron chi connectivity index (χ1n) is 6.41. The zero-order valence-corrected chi connectivity index (χ0v) is 9.27. The molecule has 0 aromatic rings. The fraction of sp³-hybridized carbons (Fsp3) is 0.846. The molecule has 2 heterocycles. The molecule has 1 nitrogen and oxygen atoms in total. The Bertz CT molecular complexity index is 272. The molecule has 3 rings (SSSR count). The van der Waals surface area contributed by atoms with Gasteiger partial charge in [0, 0.05) is 24.9 Å². The minimum absolute atomic E-state index is 0.455. The Balaban J connectivity index is 1.81. The fourth-order valence-electron chi connectivity index (χ4n) is 3.60. The van der Waals surface area contributed by atoms with Gasteiger partial charge in [0.1, 0.15) is 5.67 Å². The summed E-state index contributed by atoms with van der Waals surface area (Å²) in [5.74, 6) is 0. The molecule has 2 heteroatoms. The second-order valence-electron chi connectivity index (χ2n) is 5.49. The molecule has 15 heavy (non-hydrogen) atoms. The maximum Gasteiger partial charge on any atom is 0.135 e. The summed E-state index contributed by atoms with van der Waals surface area (Å²) in [7, 11) is 0. The number of rotatable bonds is 1. The average molecular weight is 209 g/mol. The average Bonchev–Trinajstić information content (AvgIpc) is 2.60. The first-order chi connectivity index (χ1) is 7.26. The van der Waals surface area contributed by atoms with Crippen LogP contribution in [0.1, 0.15) is 51.4 Å². The molecule has 2 atom stereocenters. The lowest BCUT2D eigenvalue weighted by Crippen LogP contribution is -2.47. The van der Waals surface area contributed by atoms with Gasteiger partial charge in [0.2, 0.25) is 0 Å². The smallest absolute Gasteiger partial charge is 0.135 e. The molecule has 84 valence electrons. The quantitative estimate of drug-likeness (QED) is 0.654. The maximum atomic E-state index is 14.9. The number of piperidine rings is 1. The van der Waals surface area contributed by atoms with E-state index in [1.165, 1.54) is 25.7 Å². The van der Waals surface area contributed by atoms with E-state index in [0.29, 0.717) is 12.1 Å². The number of hydrogen-bond donors (Lipinski definition) is 1. The van der Waals surface area contributed by atoms with Crippen molar-refractivity contribution < 1.29 is 4.39 Å². The number of allylic oxidation sites excluding steroid dienone is 2. The first-order valence-corrected chi connectivity index (χ1v) is 6.41. The normalized spacial score (nSPS) is 45.3. The lowest BCUT2D eigenvalue weighted by molar-refractivity contribution is 0.121. The third-order valence-corrected chi connectivity index (χ3v) is 4.34. The predicted molar refractivity (Wildman–Crippen MR) is 59.6 cm³/mol. The van der Waals surface area contributed by atoms with Crippen LogP contribution in [0.25, 0.3) is 0 Å². The van der Waals surface area contributed by atoms with E-state index >= 15 is 0 Å². The minimum Gasteiger partial charge on any atom is -0.311 e. The van der Waals surface area contributed by atoms with Crippen LogP contribution in [0.3, 0.4) is 0 Å². The molecule has 0 aromatic carbocycles. The van der Waals surface area contributed by atoms with Gasteiger partial charge in [-0.15, -0.1) is 0 Å². The van der Waals surface area contributed by atoms with Gasteiger partial charge in [-0.25, -0.2) is 4.39 Å². The molecule has 0 saturated carbocycles. The Morgan fingerprint density at radius 3 is 2.53 bits per heavy atom. The van der Waals surface area contributed by atoms with E-state index in [9.17, 15) is 4.39 Å². The monoisotopic (exact) mass is 209 g/mol. The van der Waals surface area contributed by atoms with Crippen LogP contribution in [0.15, 0.2) is 11.6 Å². The highest BCUT2D eigenvalue weighted by Gasteiger charge is 2.45. The summed E-state index contributed by atoms with van der Waals surface area (Å²) in [5.41, 5.74) is 0.185. The van der Waals surface area contributed by atoms with Crippen molar-refractivity contribution >= 4 is 0 Å². The number of halogens is 1. The van der Waals surface area contributed by atoms with Crippen LogP contribution >= 0.6 is 0 Å². The SMILES string of the molecule is FC1(C2=CCCCC2)CC2CCC(C1)N2. The van der Waals surface area contributed by atoms with E-state index in [2.05, 4.69) is 11.4 Å². The van der Waals surface area contributed by atoms with Gasteiger partial charge in [-0.05, 0) is 44.1 Å². The molecule has 2 bridgehead atoms. The van der Waals surface area contributed by atoms with E-state index in [1.807, 2.05) is 0 Å². The van der Waals surface area contributed by atoms with Crippen molar-refractivity contribution in [1.82, 2.24) is 5.32 Å². The third-order valence-electron chi connectivity index (χ3n) is 4.34. The van der Waals surface area contributed by atoms with Crippen molar-refractivity contribution in [1.29, 1.82) is 0 Å². The van der Waals surface area contributed by atoms with Crippen LogP contribution in [0.2, 0.25) is 0 Å². The summed E-state index contributed by atoms with van der Waals surface area (Å²) >= 11 is 0. The molecule has 0 radical (unpaired) electrons. The molecule has 0 spiro atoms. The molecule has 0 aromatic heterocycles. The van der Waals surface area contributed by atoms with Crippen molar-refractivity contribution in [3.8, 4) is 0 Å². The molecule has 2 fully saturated rings. The van der Waals surface area contributed by atoms with Crippen LogP contribution < -0.4 is 5.32 Å². The first kappa shape index (κ1) is 9.83. The Morgan fingerprint density at radius 1 is 1.20 bits per heavy atom. The van der Waals surface area contributed by atoms with Gasteiger partial charge in [-0.3, -0.25) is 0 Å². The summed E-state index contributed by atoms with van der Waals surface area (Å²) in [4.78, 5) is 0. The molecule has 1 N–H and O–H groups in total. The third kappa shape index (κ3) is 1.73. The summed E-state index contributed by atoms with van der Waals surface area (Å²) in [5, 5.41) is 3.52. The van der Waals surface area contributed by atoms with E-state index in [4.69, 9.17) is 0 Å². The van der Waals surface area contributed by atoms with Gasteiger partial charge in [-0.2, -0.15) is 0 Å². The Hall–Kier alpha value is -0.370. The second-order valence-corrected chi connectivity index (χ2v) is 5.49. The van der Waals surface area contributed by atoms with Crippen molar-refractivity contribution in [2.24, 2.45) is 0 Å². The van der Waals surface area contributed by atoms with Crippen LogP contribution in [0, 0.1) is 0 Å². The van der Waals surface area contributed by atoms with Crippen LogP contribution in [0.5, 0.6) is 0 Å². The summed E-state index contributed by atoms with van der Waals surface area (Å²) < 4.78 is 14.9. The number of nitrogens with one attached hydrogen (secondary N) is 1. The minimum atomic E-state index is -0.947. The van der Waals surface area contributed by atoms with Crippen molar-refractivity contribution in [3.63, 3.8) is 0 Å². The molecular weight excluding hydrogens is 189 g/mol. The van der Waals surface area contributed by atoms with E-state index < -0.39 is 5.67 Å². The topological polar surface area (TPSA) is 12.0 Å². The van der Waals surface area contributed by atoms with Crippen LogP contribution in [-0.2, 0) is 0 Å². The van der Waals surface area contributed by atoms with Gasteiger partial charge in [0.15, 0.2) is 0 Å². The number of alkyl halides is 1. The molecular formula is C13H20FN. The van der Waals surface area contributed by atoms with Gasteiger partial charge < -0.3 is 5.32 Å². The summed E-state index contributed by atoms with van der Waals surface area (Å²) in [6, 6.07) is 0.910. The number of hydrogen-bond acceptors (Lipinski definition) is 1. The Labute approximate surface area is 91.1 Å². The van der Waals surface area contributed by atoms with E-state index in [1.54, 1.807) is 0 Å². The van der Waals surface area contributed by atoms with Crippen molar-refractivity contribution in [3.05, 3.63) is 11.6 Å². The van der Waals surface area contributed by atoms with Crippen molar-refractivity contribution in [2.75, 3.05) is 0 Å². The molecule has 0 amide bonds. The van der Waals surface area contributed by atoms with E-state index in [-0.39, 0.29) is 0 Å². The zero-order chi connectivity index (χ0) is 10.3. The van der Waals surface area contributed by atoms with Crippen molar-refractivity contribution in [2.45, 2.75) is 69.1 Å². The second kappa shape index (κ2) is 3.58. The van der Waals surface area contributed by atoms with E-state index in [0.717, 1.165) is 31.3 Å². The standard InChI is InChI=1S/C13H20FN/c14-13(10-4-2-1-3-5-10)8-11-6-7-12(9-13)15-11/h4,11-12,15H,1-3,5-9H2. The Morgan fingerprint density at radius 2 is 1.93 bits per heavy atom. The van der Waals surface area contributed by atoms with Gasteiger partial charge in [-0.1, -0.05) is 6.08 Å². The lowest BCUT2D eigenvalue weighted by atomic mass is 9.78. The molecule has 2 aliphatic heterocycles. The molecule has 2 unspecified atom stereocenters.